The standard InChI is InChI=1S/C23H29NO/c1-17(20-7-9-23(25)10-8-20)14-24-15-21-12-19(13-22(21)16-24)11-18-5-3-2-4-6-18/h2-10,17,19,21-22,25H,11-16H2,1H3/t17?,19?,21-,22+. The highest BCUT2D eigenvalue weighted by atomic mass is 16.3. The van der Waals surface area contributed by atoms with E-state index in [4.69, 9.17) is 0 Å². The molecule has 1 heterocycles. The third-order valence-electron chi connectivity index (χ3n) is 6.29. The first-order valence-electron chi connectivity index (χ1n) is 9.72. The van der Waals surface area contributed by atoms with Crippen molar-refractivity contribution in [2.24, 2.45) is 17.8 Å². The zero-order valence-electron chi connectivity index (χ0n) is 15.1. The maximum Gasteiger partial charge on any atom is 0.115 e. The van der Waals surface area contributed by atoms with Gasteiger partial charge in [-0.2, -0.15) is 0 Å². The predicted molar refractivity (Wildman–Crippen MR) is 103 cm³/mol. The molecule has 4 rings (SSSR count). The van der Waals surface area contributed by atoms with Crippen molar-refractivity contribution in [3.63, 3.8) is 0 Å². The summed E-state index contributed by atoms with van der Waals surface area (Å²) in [5, 5.41) is 9.45. The number of hydrogen-bond acceptors (Lipinski definition) is 2. The van der Waals surface area contributed by atoms with Gasteiger partial charge in [0.1, 0.15) is 5.75 Å². The summed E-state index contributed by atoms with van der Waals surface area (Å²) >= 11 is 0. The van der Waals surface area contributed by atoms with E-state index in [1.54, 1.807) is 12.1 Å². The summed E-state index contributed by atoms with van der Waals surface area (Å²) in [4.78, 5) is 2.67. The second-order valence-corrected chi connectivity index (χ2v) is 8.26. The van der Waals surface area contributed by atoms with Gasteiger partial charge >= 0.3 is 0 Å². The normalized spacial score (nSPS) is 27.3. The number of phenolic OH excluding ortho intramolecular Hbond substituents is 1. The van der Waals surface area contributed by atoms with Crippen molar-refractivity contribution in [2.75, 3.05) is 19.6 Å². The first-order chi connectivity index (χ1) is 12.2. The van der Waals surface area contributed by atoms with Crippen molar-refractivity contribution in [3.8, 4) is 5.75 Å². The summed E-state index contributed by atoms with van der Waals surface area (Å²) in [6.07, 6.45) is 4.07. The minimum Gasteiger partial charge on any atom is -0.508 e. The van der Waals surface area contributed by atoms with Gasteiger partial charge in [-0.3, -0.25) is 0 Å². The maximum absolute atomic E-state index is 9.45. The first-order valence-corrected chi connectivity index (χ1v) is 9.72. The molecule has 25 heavy (non-hydrogen) atoms. The lowest BCUT2D eigenvalue weighted by Crippen LogP contribution is -2.27. The zero-order valence-corrected chi connectivity index (χ0v) is 15.1. The van der Waals surface area contributed by atoms with Crippen molar-refractivity contribution in [3.05, 3.63) is 65.7 Å². The minimum absolute atomic E-state index is 0.358. The van der Waals surface area contributed by atoms with Gasteiger partial charge in [0.05, 0.1) is 0 Å². The highest BCUT2D eigenvalue weighted by Gasteiger charge is 2.40. The van der Waals surface area contributed by atoms with Crippen molar-refractivity contribution >= 4 is 0 Å². The van der Waals surface area contributed by atoms with Crippen LogP contribution in [0.1, 0.15) is 36.8 Å². The van der Waals surface area contributed by atoms with Crippen LogP contribution in [-0.2, 0) is 6.42 Å². The lowest BCUT2D eigenvalue weighted by molar-refractivity contribution is 0.284. The molecule has 0 radical (unpaired) electrons. The Kier molecular flexibility index (Phi) is 4.80. The number of nitrogens with zero attached hydrogens (tertiary/aromatic N) is 1. The van der Waals surface area contributed by atoms with Crippen molar-refractivity contribution in [1.29, 1.82) is 0 Å². The molecule has 2 unspecified atom stereocenters. The van der Waals surface area contributed by atoms with Crippen molar-refractivity contribution < 1.29 is 5.11 Å². The number of aromatic hydroxyl groups is 1. The molecular weight excluding hydrogens is 306 g/mol. The molecule has 132 valence electrons. The molecule has 0 aromatic heterocycles. The molecule has 1 N–H and O–H groups in total. The van der Waals surface area contributed by atoms with Gasteiger partial charge < -0.3 is 10.0 Å². The van der Waals surface area contributed by atoms with Gasteiger partial charge in [0, 0.05) is 19.6 Å². The molecule has 0 amide bonds. The Morgan fingerprint density at radius 3 is 2.24 bits per heavy atom. The molecule has 2 aromatic rings. The van der Waals surface area contributed by atoms with Gasteiger partial charge in [-0.05, 0) is 66.2 Å². The summed E-state index contributed by atoms with van der Waals surface area (Å²) in [6, 6.07) is 18.7. The Morgan fingerprint density at radius 1 is 0.960 bits per heavy atom. The van der Waals surface area contributed by atoms with Gasteiger partial charge in [-0.25, -0.2) is 0 Å². The van der Waals surface area contributed by atoms with Gasteiger partial charge in [-0.15, -0.1) is 0 Å². The average Bonchev–Trinajstić information content (AvgIpc) is 3.14. The lowest BCUT2D eigenvalue weighted by atomic mass is 9.96. The van der Waals surface area contributed by atoms with E-state index in [0.29, 0.717) is 11.7 Å². The summed E-state index contributed by atoms with van der Waals surface area (Å²) in [7, 11) is 0. The molecule has 2 aliphatic rings. The Morgan fingerprint density at radius 2 is 1.60 bits per heavy atom. The number of benzene rings is 2. The van der Waals surface area contributed by atoms with Crippen LogP contribution in [0.25, 0.3) is 0 Å². The van der Waals surface area contributed by atoms with Crippen LogP contribution in [0.15, 0.2) is 54.6 Å². The minimum atomic E-state index is 0.358. The molecule has 0 bridgehead atoms. The second-order valence-electron chi connectivity index (χ2n) is 8.26. The Balaban J connectivity index is 1.28. The third kappa shape index (κ3) is 3.90. The topological polar surface area (TPSA) is 23.5 Å². The van der Waals surface area contributed by atoms with Gasteiger partial charge in [0.25, 0.3) is 0 Å². The first kappa shape index (κ1) is 16.7. The number of fused-ring (bicyclic) bond motifs is 1. The van der Waals surface area contributed by atoms with Gasteiger partial charge in [0.2, 0.25) is 0 Å². The molecule has 2 fully saturated rings. The number of hydrogen-bond donors (Lipinski definition) is 1. The summed E-state index contributed by atoms with van der Waals surface area (Å²) < 4.78 is 0. The van der Waals surface area contributed by atoms with Gasteiger partial charge in [-0.1, -0.05) is 49.4 Å². The molecule has 2 heteroatoms. The van der Waals surface area contributed by atoms with E-state index in [1.165, 1.54) is 43.5 Å². The fourth-order valence-electron chi connectivity index (χ4n) is 5.08. The highest BCUT2D eigenvalue weighted by Crippen LogP contribution is 2.43. The number of rotatable bonds is 5. The third-order valence-corrected chi connectivity index (χ3v) is 6.29. The van der Waals surface area contributed by atoms with Crippen molar-refractivity contribution in [1.82, 2.24) is 4.90 Å². The Labute approximate surface area is 151 Å². The van der Waals surface area contributed by atoms with E-state index in [1.807, 2.05) is 0 Å². The van der Waals surface area contributed by atoms with Crippen LogP contribution in [0.2, 0.25) is 0 Å². The Bertz CT molecular complexity index is 667. The van der Waals surface area contributed by atoms with Crippen LogP contribution in [0.4, 0.5) is 0 Å². The van der Waals surface area contributed by atoms with Crippen LogP contribution < -0.4 is 0 Å². The summed E-state index contributed by atoms with van der Waals surface area (Å²) in [6.45, 7) is 6.00. The van der Waals surface area contributed by atoms with Gasteiger partial charge in [0.15, 0.2) is 0 Å². The fraction of sp³-hybridized carbons (Fsp3) is 0.478. The van der Waals surface area contributed by atoms with E-state index in [2.05, 4.69) is 54.3 Å². The van der Waals surface area contributed by atoms with Crippen LogP contribution in [0.5, 0.6) is 5.75 Å². The van der Waals surface area contributed by atoms with E-state index >= 15 is 0 Å². The predicted octanol–water partition coefficient (Wildman–Crippen LogP) is 4.70. The van der Waals surface area contributed by atoms with Crippen LogP contribution >= 0.6 is 0 Å². The number of phenols is 1. The Hall–Kier alpha value is -1.80. The van der Waals surface area contributed by atoms with Crippen LogP contribution in [-0.4, -0.2) is 29.6 Å². The van der Waals surface area contributed by atoms with E-state index in [9.17, 15) is 5.11 Å². The molecule has 1 saturated heterocycles. The maximum atomic E-state index is 9.45. The van der Waals surface area contributed by atoms with E-state index in [0.717, 1.165) is 24.3 Å². The molecule has 1 saturated carbocycles. The lowest BCUT2D eigenvalue weighted by Gasteiger charge is -2.23. The molecule has 0 spiro atoms. The molecule has 2 nitrogen and oxygen atoms in total. The quantitative estimate of drug-likeness (QED) is 0.856. The van der Waals surface area contributed by atoms with Crippen molar-refractivity contribution in [2.45, 2.75) is 32.1 Å². The van der Waals surface area contributed by atoms with E-state index < -0.39 is 0 Å². The molecule has 1 aliphatic heterocycles. The summed E-state index contributed by atoms with van der Waals surface area (Å²) in [5.41, 5.74) is 2.84. The average molecular weight is 335 g/mol. The SMILES string of the molecule is CC(CN1C[C@H]2CC(Cc3ccccc3)C[C@H]2C1)c1ccc(O)cc1. The smallest absolute Gasteiger partial charge is 0.115 e. The second kappa shape index (κ2) is 7.21. The fourth-order valence-corrected chi connectivity index (χ4v) is 5.08. The molecular formula is C23H29NO. The van der Waals surface area contributed by atoms with E-state index in [-0.39, 0.29) is 0 Å². The number of likely N-dealkylation sites (tertiary alicyclic amines) is 1. The largest absolute Gasteiger partial charge is 0.508 e. The highest BCUT2D eigenvalue weighted by molar-refractivity contribution is 5.28. The molecule has 4 atom stereocenters. The van der Waals surface area contributed by atoms with Crippen LogP contribution in [0, 0.1) is 17.8 Å². The summed E-state index contributed by atoms with van der Waals surface area (Å²) in [5.74, 6) is 3.58. The molecule has 1 aliphatic carbocycles. The molecule has 2 aromatic carbocycles. The monoisotopic (exact) mass is 335 g/mol. The van der Waals surface area contributed by atoms with Crippen LogP contribution in [0.3, 0.4) is 0 Å². The zero-order chi connectivity index (χ0) is 17.2.